The van der Waals surface area contributed by atoms with Gasteiger partial charge in [-0.3, -0.25) is 4.79 Å². The van der Waals surface area contributed by atoms with Crippen LogP contribution in [0.15, 0.2) is 6.07 Å². The van der Waals surface area contributed by atoms with E-state index in [-0.39, 0.29) is 12.5 Å². The fraction of sp³-hybridized carbons (Fsp3) is 0.562. The summed E-state index contributed by atoms with van der Waals surface area (Å²) in [5.41, 5.74) is 3.90. The Morgan fingerprint density at radius 3 is 2.78 bits per heavy atom. The number of anilines is 1. The number of nitrogens with zero attached hydrogens (tertiary/aromatic N) is 4. The molecule has 7 heteroatoms. The van der Waals surface area contributed by atoms with Crippen LogP contribution in [0, 0.1) is 13.8 Å². The van der Waals surface area contributed by atoms with Crippen LogP contribution in [-0.2, 0) is 11.2 Å². The van der Waals surface area contributed by atoms with Gasteiger partial charge in [-0.05, 0) is 20.3 Å². The Bertz CT molecular complexity index is 717. The van der Waals surface area contributed by atoms with Gasteiger partial charge in [-0.2, -0.15) is 9.61 Å². The van der Waals surface area contributed by atoms with Gasteiger partial charge in [-0.15, -0.1) is 0 Å². The molecule has 1 amide bonds. The summed E-state index contributed by atoms with van der Waals surface area (Å²) in [6.45, 7) is 9.63. The Hall–Kier alpha value is -2.15. The average molecular weight is 316 g/mol. The summed E-state index contributed by atoms with van der Waals surface area (Å²) >= 11 is 0. The maximum Gasteiger partial charge on any atom is 0.242 e. The predicted molar refractivity (Wildman–Crippen MR) is 89.8 cm³/mol. The molecule has 0 atom stereocenters. The highest BCUT2D eigenvalue weighted by Crippen LogP contribution is 2.18. The van der Waals surface area contributed by atoms with E-state index in [4.69, 9.17) is 0 Å². The minimum Gasteiger partial charge on any atom is -0.361 e. The molecule has 1 aliphatic rings. The van der Waals surface area contributed by atoms with Crippen molar-refractivity contribution in [3.05, 3.63) is 23.0 Å². The Morgan fingerprint density at radius 1 is 1.35 bits per heavy atom. The van der Waals surface area contributed by atoms with Crippen molar-refractivity contribution >= 4 is 17.4 Å². The fourth-order valence-electron chi connectivity index (χ4n) is 2.78. The highest BCUT2D eigenvalue weighted by Gasteiger charge is 2.17. The first kappa shape index (κ1) is 15.7. The molecule has 0 spiro atoms. The molecule has 7 nitrogen and oxygen atoms in total. The first-order chi connectivity index (χ1) is 11.1. The van der Waals surface area contributed by atoms with Crippen LogP contribution in [0.1, 0.15) is 23.9 Å². The molecule has 0 saturated carbocycles. The van der Waals surface area contributed by atoms with Crippen molar-refractivity contribution in [2.45, 2.75) is 27.2 Å². The third-order valence-corrected chi connectivity index (χ3v) is 4.36. The quantitative estimate of drug-likeness (QED) is 0.871. The summed E-state index contributed by atoms with van der Waals surface area (Å²) in [6.07, 6.45) is 0.848. The van der Waals surface area contributed by atoms with Crippen LogP contribution in [-0.4, -0.2) is 58.1 Å². The minimum atomic E-state index is 0.120. The highest BCUT2D eigenvalue weighted by atomic mass is 16.2. The van der Waals surface area contributed by atoms with Crippen molar-refractivity contribution in [2.75, 3.05) is 38.0 Å². The number of carbonyl (C=O) groups is 1. The van der Waals surface area contributed by atoms with Crippen LogP contribution in [0.3, 0.4) is 0 Å². The SMILES string of the molecule is CCc1cc(NCC(=O)N2CCNCC2)n2nc(C)c(C)c2n1. The van der Waals surface area contributed by atoms with Crippen molar-refractivity contribution < 1.29 is 4.79 Å². The number of hydrogen-bond donors (Lipinski definition) is 2. The zero-order valence-electron chi connectivity index (χ0n) is 14.0. The third-order valence-electron chi connectivity index (χ3n) is 4.36. The van der Waals surface area contributed by atoms with Crippen LogP contribution in [0.5, 0.6) is 0 Å². The van der Waals surface area contributed by atoms with Crippen LogP contribution in [0.25, 0.3) is 5.65 Å². The number of nitrogens with one attached hydrogen (secondary N) is 2. The molecule has 1 fully saturated rings. The van der Waals surface area contributed by atoms with Gasteiger partial charge < -0.3 is 15.5 Å². The molecule has 3 rings (SSSR count). The summed E-state index contributed by atoms with van der Waals surface area (Å²) in [5, 5.41) is 11.0. The number of aryl methyl sites for hydroxylation is 3. The summed E-state index contributed by atoms with van der Waals surface area (Å²) in [4.78, 5) is 18.9. The molecule has 1 aliphatic heterocycles. The molecular formula is C16H24N6O. The van der Waals surface area contributed by atoms with Crippen molar-refractivity contribution in [1.82, 2.24) is 24.8 Å². The van der Waals surface area contributed by atoms with E-state index in [0.717, 1.165) is 61.0 Å². The van der Waals surface area contributed by atoms with Gasteiger partial charge in [0.1, 0.15) is 5.82 Å². The average Bonchev–Trinajstić information content (AvgIpc) is 2.88. The van der Waals surface area contributed by atoms with Crippen LogP contribution >= 0.6 is 0 Å². The van der Waals surface area contributed by atoms with E-state index in [1.54, 1.807) is 4.52 Å². The smallest absolute Gasteiger partial charge is 0.242 e. The van der Waals surface area contributed by atoms with Crippen molar-refractivity contribution in [2.24, 2.45) is 0 Å². The second kappa shape index (κ2) is 6.54. The molecule has 1 saturated heterocycles. The third kappa shape index (κ3) is 3.14. The van der Waals surface area contributed by atoms with Crippen LogP contribution in [0.2, 0.25) is 0 Å². The number of amides is 1. The van der Waals surface area contributed by atoms with Gasteiger partial charge in [0.25, 0.3) is 0 Å². The normalized spacial score (nSPS) is 15.2. The lowest BCUT2D eigenvalue weighted by Gasteiger charge is -2.27. The van der Waals surface area contributed by atoms with E-state index < -0.39 is 0 Å². The van der Waals surface area contributed by atoms with Gasteiger partial charge in [-0.1, -0.05) is 6.92 Å². The Balaban J connectivity index is 1.81. The molecule has 2 N–H and O–H groups in total. The molecular weight excluding hydrogens is 292 g/mol. The molecule has 2 aromatic heterocycles. The molecule has 0 unspecified atom stereocenters. The second-order valence-electron chi connectivity index (χ2n) is 5.92. The van der Waals surface area contributed by atoms with E-state index in [0.29, 0.717) is 0 Å². The molecule has 2 aromatic rings. The first-order valence-corrected chi connectivity index (χ1v) is 8.18. The van der Waals surface area contributed by atoms with Gasteiger partial charge >= 0.3 is 0 Å². The lowest BCUT2D eigenvalue weighted by atomic mass is 10.2. The van der Waals surface area contributed by atoms with Crippen LogP contribution in [0.4, 0.5) is 5.82 Å². The second-order valence-corrected chi connectivity index (χ2v) is 5.92. The Labute approximate surface area is 136 Å². The van der Waals surface area contributed by atoms with Crippen molar-refractivity contribution in [3.8, 4) is 0 Å². The zero-order chi connectivity index (χ0) is 16.4. The van der Waals surface area contributed by atoms with E-state index in [1.165, 1.54) is 0 Å². The number of rotatable bonds is 4. The molecule has 3 heterocycles. The maximum atomic E-state index is 12.3. The van der Waals surface area contributed by atoms with Gasteiger partial charge in [0.2, 0.25) is 5.91 Å². The van der Waals surface area contributed by atoms with Crippen molar-refractivity contribution in [3.63, 3.8) is 0 Å². The maximum absolute atomic E-state index is 12.3. The van der Waals surface area contributed by atoms with E-state index >= 15 is 0 Å². The molecule has 0 radical (unpaired) electrons. The lowest BCUT2D eigenvalue weighted by molar-refractivity contribution is -0.129. The van der Waals surface area contributed by atoms with Gasteiger partial charge in [0, 0.05) is 43.5 Å². The van der Waals surface area contributed by atoms with Gasteiger partial charge in [0.15, 0.2) is 5.65 Å². The fourth-order valence-corrected chi connectivity index (χ4v) is 2.78. The Morgan fingerprint density at radius 2 is 2.09 bits per heavy atom. The zero-order valence-corrected chi connectivity index (χ0v) is 14.0. The largest absolute Gasteiger partial charge is 0.361 e. The highest BCUT2D eigenvalue weighted by molar-refractivity contribution is 5.81. The molecule has 124 valence electrons. The summed E-state index contributed by atoms with van der Waals surface area (Å²) in [7, 11) is 0. The summed E-state index contributed by atoms with van der Waals surface area (Å²) in [6, 6.07) is 1.98. The Kier molecular flexibility index (Phi) is 4.47. The molecule has 23 heavy (non-hydrogen) atoms. The monoisotopic (exact) mass is 316 g/mol. The minimum absolute atomic E-state index is 0.120. The number of carbonyl (C=O) groups excluding carboxylic acids is 1. The standard InChI is InChI=1S/C16H24N6O/c1-4-13-9-14(22-16(19-13)11(2)12(3)20-22)18-10-15(23)21-7-5-17-6-8-21/h9,17-18H,4-8,10H2,1-3H3. The van der Waals surface area contributed by atoms with Gasteiger partial charge in [-0.25, -0.2) is 4.98 Å². The molecule has 0 aliphatic carbocycles. The summed E-state index contributed by atoms with van der Waals surface area (Å²) in [5.74, 6) is 0.946. The van der Waals surface area contributed by atoms with E-state index in [1.807, 2.05) is 24.8 Å². The van der Waals surface area contributed by atoms with Crippen LogP contribution < -0.4 is 10.6 Å². The van der Waals surface area contributed by atoms with E-state index in [2.05, 4.69) is 27.6 Å². The van der Waals surface area contributed by atoms with E-state index in [9.17, 15) is 4.79 Å². The number of fused-ring (bicyclic) bond motifs is 1. The lowest BCUT2D eigenvalue weighted by Crippen LogP contribution is -2.48. The topological polar surface area (TPSA) is 74.6 Å². The predicted octanol–water partition coefficient (Wildman–Crippen LogP) is 0.752. The molecule has 0 aromatic carbocycles. The van der Waals surface area contributed by atoms with Gasteiger partial charge in [0.05, 0.1) is 12.2 Å². The summed E-state index contributed by atoms with van der Waals surface area (Å²) < 4.78 is 1.80. The number of piperazine rings is 1. The van der Waals surface area contributed by atoms with Crippen molar-refractivity contribution in [1.29, 1.82) is 0 Å². The molecule has 0 bridgehead atoms. The number of aromatic nitrogens is 3. The first-order valence-electron chi connectivity index (χ1n) is 8.18. The number of hydrogen-bond acceptors (Lipinski definition) is 5.